The second-order valence-corrected chi connectivity index (χ2v) is 4.35. The maximum Gasteiger partial charge on any atom is 0.158 e. The Morgan fingerprint density at radius 2 is 1.73 bits per heavy atom. The van der Waals surface area contributed by atoms with Crippen molar-refractivity contribution in [2.24, 2.45) is 0 Å². The van der Waals surface area contributed by atoms with E-state index in [2.05, 4.69) is 6.92 Å². The summed E-state index contributed by atoms with van der Waals surface area (Å²) in [7, 11) is 0. The van der Waals surface area contributed by atoms with Crippen molar-refractivity contribution < 1.29 is 19.3 Å². The van der Waals surface area contributed by atoms with Crippen molar-refractivity contribution in [1.29, 1.82) is 0 Å². The Morgan fingerprint density at radius 1 is 1.14 bits per heavy atom. The van der Waals surface area contributed by atoms with Crippen molar-refractivity contribution in [3.05, 3.63) is 53.6 Å². The van der Waals surface area contributed by atoms with Gasteiger partial charge in [0, 0.05) is 6.42 Å². The van der Waals surface area contributed by atoms with Crippen LogP contribution >= 0.6 is 0 Å². The van der Waals surface area contributed by atoms with Crippen LogP contribution in [-0.4, -0.2) is 17.0 Å². The van der Waals surface area contributed by atoms with E-state index in [1.165, 1.54) is 5.56 Å². The number of hydrogen-bond acceptors (Lipinski definition) is 3. The highest BCUT2D eigenvalue weighted by atomic mass is 19.1. The molecule has 0 unspecified atom stereocenters. The molecule has 2 rings (SSSR count). The van der Waals surface area contributed by atoms with Gasteiger partial charge in [-0.05, 0) is 36.6 Å². The molecule has 1 aromatic carbocycles. The Morgan fingerprint density at radius 3 is 2.23 bits per heavy atom. The zero-order valence-electron chi connectivity index (χ0n) is 13.7. The molecule has 1 aliphatic carbocycles. The number of benzene rings is 1. The third-order valence-corrected chi connectivity index (χ3v) is 2.76. The van der Waals surface area contributed by atoms with Gasteiger partial charge in [-0.3, -0.25) is 0 Å². The van der Waals surface area contributed by atoms with Gasteiger partial charge in [0.1, 0.15) is 18.4 Å². The number of ether oxygens (including phenoxy) is 1. The van der Waals surface area contributed by atoms with E-state index in [0.29, 0.717) is 17.9 Å². The van der Waals surface area contributed by atoms with Crippen LogP contribution in [-0.2, 0) is 6.42 Å². The fraction of sp³-hybridized carbons (Fsp3) is 0.444. The van der Waals surface area contributed by atoms with Crippen LogP contribution in [0.2, 0.25) is 0 Å². The van der Waals surface area contributed by atoms with Gasteiger partial charge in [0.25, 0.3) is 0 Å². The molecule has 0 fully saturated rings. The predicted molar refractivity (Wildman–Crippen MR) is 88.2 cm³/mol. The van der Waals surface area contributed by atoms with Crippen LogP contribution in [0.4, 0.5) is 4.39 Å². The van der Waals surface area contributed by atoms with E-state index >= 15 is 0 Å². The molecule has 0 atom stereocenters. The standard InChI is InChI=1S/C15H17FO.C2H6.CH4O2/c1-2-5-12-8-10-13(11-9-12)17-15-7-4-3-6-14(15)16;1-2;2-1-3/h4,7-11H,2-3,5-6H2,1H3;1-2H3;2-3H,1H2. The second-order valence-electron chi connectivity index (χ2n) is 4.35. The van der Waals surface area contributed by atoms with Crippen molar-refractivity contribution in [2.75, 3.05) is 6.79 Å². The Balaban J connectivity index is 0.000000789. The molecule has 0 saturated carbocycles. The van der Waals surface area contributed by atoms with Gasteiger partial charge in [0.15, 0.2) is 5.76 Å². The molecule has 124 valence electrons. The van der Waals surface area contributed by atoms with Crippen molar-refractivity contribution in [3.8, 4) is 5.75 Å². The lowest BCUT2D eigenvalue weighted by Gasteiger charge is -2.11. The van der Waals surface area contributed by atoms with Gasteiger partial charge in [-0.1, -0.05) is 45.4 Å². The number of hydrogen-bond donors (Lipinski definition) is 2. The Bertz CT molecular complexity index is 450. The topological polar surface area (TPSA) is 49.7 Å². The minimum atomic E-state index is -0.750. The summed E-state index contributed by atoms with van der Waals surface area (Å²) in [4.78, 5) is 0. The molecular formula is C18H27FO3. The Hall–Kier alpha value is -1.65. The molecule has 0 bridgehead atoms. The summed E-state index contributed by atoms with van der Waals surface area (Å²) in [5, 5.41) is 14.2. The average Bonchev–Trinajstić information content (AvgIpc) is 2.54. The first-order valence-electron chi connectivity index (χ1n) is 7.75. The van der Waals surface area contributed by atoms with E-state index in [0.717, 1.165) is 19.3 Å². The fourth-order valence-corrected chi connectivity index (χ4v) is 1.84. The molecule has 2 N–H and O–H groups in total. The van der Waals surface area contributed by atoms with Gasteiger partial charge in [0.2, 0.25) is 0 Å². The third kappa shape index (κ3) is 7.96. The van der Waals surface area contributed by atoms with E-state index < -0.39 is 6.79 Å². The van der Waals surface area contributed by atoms with E-state index in [1.807, 2.05) is 44.2 Å². The highest BCUT2D eigenvalue weighted by molar-refractivity contribution is 5.32. The Kier molecular flexibility index (Phi) is 12.1. The monoisotopic (exact) mass is 310 g/mol. The molecular weight excluding hydrogens is 283 g/mol. The molecule has 22 heavy (non-hydrogen) atoms. The van der Waals surface area contributed by atoms with Crippen LogP contribution in [0, 0.1) is 0 Å². The summed E-state index contributed by atoms with van der Waals surface area (Å²) in [6.45, 7) is 5.40. The van der Waals surface area contributed by atoms with Gasteiger partial charge >= 0.3 is 0 Å². The summed E-state index contributed by atoms with van der Waals surface area (Å²) in [5.41, 5.74) is 1.29. The minimum Gasteiger partial charge on any atom is -0.455 e. The van der Waals surface area contributed by atoms with Crippen molar-refractivity contribution in [3.63, 3.8) is 0 Å². The summed E-state index contributed by atoms with van der Waals surface area (Å²) >= 11 is 0. The minimum absolute atomic E-state index is 0.162. The quantitative estimate of drug-likeness (QED) is 0.805. The van der Waals surface area contributed by atoms with Crippen molar-refractivity contribution >= 4 is 0 Å². The number of aliphatic hydroxyl groups excluding tert-OH is 1. The molecule has 0 radical (unpaired) electrons. The highest BCUT2D eigenvalue weighted by Crippen LogP contribution is 2.24. The first-order valence-corrected chi connectivity index (χ1v) is 7.75. The second kappa shape index (κ2) is 13.0. The van der Waals surface area contributed by atoms with Crippen LogP contribution < -0.4 is 4.74 Å². The van der Waals surface area contributed by atoms with Gasteiger partial charge in [0.05, 0.1) is 0 Å². The van der Waals surface area contributed by atoms with Gasteiger partial charge < -0.3 is 14.9 Å². The van der Waals surface area contributed by atoms with Crippen LogP contribution in [0.15, 0.2) is 48.0 Å². The summed E-state index contributed by atoms with van der Waals surface area (Å²) < 4.78 is 19.0. The number of aliphatic hydroxyl groups is 2. The van der Waals surface area contributed by atoms with Gasteiger partial charge in [-0.25, -0.2) is 4.39 Å². The summed E-state index contributed by atoms with van der Waals surface area (Å²) in [6, 6.07) is 7.86. The molecule has 3 nitrogen and oxygen atoms in total. The SMILES string of the molecule is CC.CCCc1ccc(OC2=C(F)CCC=C2)cc1.OCO. The van der Waals surface area contributed by atoms with Gasteiger partial charge in [-0.15, -0.1) is 0 Å². The smallest absolute Gasteiger partial charge is 0.158 e. The maximum absolute atomic E-state index is 13.4. The zero-order chi connectivity index (χ0) is 16.8. The molecule has 4 heteroatoms. The summed E-state index contributed by atoms with van der Waals surface area (Å²) in [6.07, 6.45) is 7.04. The molecule has 0 aliphatic heterocycles. The first-order chi connectivity index (χ1) is 10.7. The predicted octanol–water partition coefficient (Wildman–Crippen LogP) is 4.50. The number of aryl methyl sites for hydroxylation is 1. The maximum atomic E-state index is 13.4. The molecule has 0 saturated heterocycles. The molecule has 1 aliphatic rings. The zero-order valence-corrected chi connectivity index (χ0v) is 13.7. The molecule has 1 aromatic rings. The largest absolute Gasteiger partial charge is 0.455 e. The van der Waals surface area contributed by atoms with E-state index in [4.69, 9.17) is 14.9 Å². The van der Waals surface area contributed by atoms with Gasteiger partial charge in [-0.2, -0.15) is 0 Å². The molecule has 0 amide bonds. The highest BCUT2D eigenvalue weighted by Gasteiger charge is 2.09. The molecule has 0 aromatic heterocycles. The van der Waals surface area contributed by atoms with E-state index in [-0.39, 0.29) is 5.83 Å². The average molecular weight is 310 g/mol. The first kappa shape index (κ1) is 20.3. The number of halogens is 1. The fourth-order valence-electron chi connectivity index (χ4n) is 1.84. The Labute approximate surface area is 132 Å². The number of rotatable bonds is 4. The van der Waals surface area contributed by atoms with E-state index in [9.17, 15) is 4.39 Å². The molecule has 0 spiro atoms. The third-order valence-electron chi connectivity index (χ3n) is 2.76. The normalized spacial score (nSPS) is 12.8. The van der Waals surface area contributed by atoms with Crippen LogP contribution in [0.3, 0.4) is 0 Å². The van der Waals surface area contributed by atoms with Crippen LogP contribution in [0.1, 0.15) is 45.6 Å². The lowest BCUT2D eigenvalue weighted by Crippen LogP contribution is -1.99. The van der Waals surface area contributed by atoms with Crippen LogP contribution in [0.25, 0.3) is 0 Å². The van der Waals surface area contributed by atoms with E-state index in [1.54, 1.807) is 6.08 Å². The molecule has 0 heterocycles. The van der Waals surface area contributed by atoms with Crippen LogP contribution in [0.5, 0.6) is 5.75 Å². The number of allylic oxidation sites excluding steroid dienone is 3. The lowest BCUT2D eigenvalue weighted by molar-refractivity contribution is 0.0773. The summed E-state index contributed by atoms with van der Waals surface area (Å²) in [5.74, 6) is 0.881. The van der Waals surface area contributed by atoms with Crippen molar-refractivity contribution in [1.82, 2.24) is 0 Å². The van der Waals surface area contributed by atoms with Crippen molar-refractivity contribution in [2.45, 2.75) is 46.5 Å². The lowest BCUT2D eigenvalue weighted by atomic mass is 10.1.